The second-order valence-electron chi connectivity index (χ2n) is 7.57. The van der Waals surface area contributed by atoms with Gasteiger partial charge in [0.15, 0.2) is 0 Å². The van der Waals surface area contributed by atoms with E-state index in [4.69, 9.17) is 9.47 Å². The maximum absolute atomic E-state index is 12.8. The Kier molecular flexibility index (Phi) is 7.21. The van der Waals surface area contributed by atoms with E-state index in [0.29, 0.717) is 16.1 Å². The number of aromatic nitrogens is 1. The van der Waals surface area contributed by atoms with Crippen molar-refractivity contribution in [2.45, 2.75) is 0 Å². The van der Waals surface area contributed by atoms with Gasteiger partial charge in [-0.15, -0.1) is 11.3 Å². The van der Waals surface area contributed by atoms with E-state index < -0.39 is 5.97 Å². The predicted molar refractivity (Wildman–Crippen MR) is 129 cm³/mol. The number of amides is 1. The molecule has 0 spiro atoms. The van der Waals surface area contributed by atoms with Crippen LogP contribution in [0.1, 0.15) is 10.4 Å². The zero-order chi connectivity index (χ0) is 23.2. The highest BCUT2D eigenvalue weighted by molar-refractivity contribution is 7.15. The number of methoxy groups -OCH3 is 2. The molecule has 0 saturated carbocycles. The van der Waals surface area contributed by atoms with Crippen LogP contribution in [0.15, 0.2) is 54.0 Å². The zero-order valence-corrected chi connectivity index (χ0v) is 19.4. The minimum absolute atomic E-state index is 0.158. The summed E-state index contributed by atoms with van der Waals surface area (Å²) in [7, 11) is 2.94. The average molecular weight is 467 g/mol. The third-order valence-electron chi connectivity index (χ3n) is 5.55. The molecule has 0 aliphatic carbocycles. The largest absolute Gasteiger partial charge is 0.497 e. The van der Waals surface area contributed by atoms with Gasteiger partial charge < -0.3 is 19.7 Å². The lowest BCUT2D eigenvalue weighted by atomic mass is 10.0. The summed E-state index contributed by atoms with van der Waals surface area (Å²) in [5.74, 6) is 1.04. The Bertz CT molecular complexity index is 1090. The van der Waals surface area contributed by atoms with Gasteiger partial charge in [-0.1, -0.05) is 18.2 Å². The number of nitrogens with one attached hydrogen (secondary N) is 1. The first-order chi connectivity index (χ1) is 16.1. The SMILES string of the molecule is COC(=O)c1c(-c2ccc(OC)cc2)csc1NC(=O)CN1CCN(c2ccccn2)CC1. The Labute approximate surface area is 196 Å². The van der Waals surface area contributed by atoms with E-state index in [1.54, 1.807) is 13.3 Å². The third kappa shape index (κ3) is 5.32. The molecule has 4 rings (SSSR count). The van der Waals surface area contributed by atoms with Crippen molar-refractivity contribution in [1.82, 2.24) is 9.88 Å². The number of nitrogens with zero attached hydrogens (tertiary/aromatic N) is 3. The first kappa shape index (κ1) is 22.8. The molecule has 1 saturated heterocycles. The molecule has 1 aromatic carbocycles. The van der Waals surface area contributed by atoms with Crippen LogP contribution in [0.2, 0.25) is 0 Å². The van der Waals surface area contributed by atoms with E-state index in [-0.39, 0.29) is 12.5 Å². The van der Waals surface area contributed by atoms with Crippen LogP contribution >= 0.6 is 11.3 Å². The lowest BCUT2D eigenvalue weighted by Gasteiger charge is -2.34. The Morgan fingerprint density at radius 2 is 1.82 bits per heavy atom. The van der Waals surface area contributed by atoms with Crippen molar-refractivity contribution < 1.29 is 19.1 Å². The number of esters is 1. The van der Waals surface area contributed by atoms with Gasteiger partial charge in [-0.25, -0.2) is 9.78 Å². The van der Waals surface area contributed by atoms with Crippen LogP contribution in [-0.2, 0) is 9.53 Å². The van der Waals surface area contributed by atoms with Gasteiger partial charge in [0.05, 0.1) is 20.8 Å². The minimum atomic E-state index is -0.485. The molecule has 1 N–H and O–H groups in total. The van der Waals surface area contributed by atoms with Crippen LogP contribution in [0.25, 0.3) is 11.1 Å². The summed E-state index contributed by atoms with van der Waals surface area (Å²) in [5, 5.41) is 5.26. The van der Waals surface area contributed by atoms with Crippen molar-refractivity contribution in [3.05, 3.63) is 59.6 Å². The van der Waals surface area contributed by atoms with E-state index in [2.05, 4.69) is 20.1 Å². The molecular weight excluding hydrogens is 440 g/mol. The molecule has 0 bridgehead atoms. The highest BCUT2D eigenvalue weighted by atomic mass is 32.1. The quantitative estimate of drug-likeness (QED) is 0.535. The molecule has 33 heavy (non-hydrogen) atoms. The lowest BCUT2D eigenvalue weighted by molar-refractivity contribution is -0.117. The summed E-state index contributed by atoms with van der Waals surface area (Å²) in [5.41, 5.74) is 1.92. The zero-order valence-electron chi connectivity index (χ0n) is 18.6. The van der Waals surface area contributed by atoms with Crippen molar-refractivity contribution in [1.29, 1.82) is 0 Å². The molecule has 0 unspecified atom stereocenters. The average Bonchev–Trinajstić information content (AvgIpc) is 3.27. The van der Waals surface area contributed by atoms with Crippen molar-refractivity contribution in [2.24, 2.45) is 0 Å². The second kappa shape index (κ2) is 10.5. The standard InChI is InChI=1S/C24H26N4O4S/c1-31-18-8-6-17(7-9-18)19-16-33-23(22(19)24(30)32-2)26-21(29)15-27-11-13-28(14-12-27)20-5-3-4-10-25-20/h3-10,16H,11-15H2,1-2H3,(H,26,29). The molecule has 8 nitrogen and oxygen atoms in total. The van der Waals surface area contributed by atoms with Gasteiger partial charge >= 0.3 is 5.97 Å². The Balaban J connectivity index is 1.41. The number of anilines is 2. The molecule has 1 amide bonds. The van der Waals surface area contributed by atoms with Gasteiger partial charge in [-0.3, -0.25) is 9.69 Å². The molecule has 1 aliphatic heterocycles. The number of rotatable bonds is 7. The number of hydrogen-bond acceptors (Lipinski definition) is 8. The summed E-state index contributed by atoms with van der Waals surface area (Å²) in [4.78, 5) is 34.0. The molecule has 172 valence electrons. The van der Waals surface area contributed by atoms with E-state index >= 15 is 0 Å². The number of ether oxygens (including phenoxy) is 2. The second-order valence-corrected chi connectivity index (χ2v) is 8.45. The fourth-order valence-corrected chi connectivity index (χ4v) is 4.76. The number of thiophene rings is 1. The monoisotopic (exact) mass is 466 g/mol. The van der Waals surface area contributed by atoms with E-state index in [1.807, 2.05) is 47.8 Å². The lowest BCUT2D eigenvalue weighted by Crippen LogP contribution is -2.48. The summed E-state index contributed by atoms with van der Waals surface area (Å²) in [6, 6.07) is 13.3. The van der Waals surface area contributed by atoms with Crippen LogP contribution in [0.3, 0.4) is 0 Å². The fraction of sp³-hybridized carbons (Fsp3) is 0.292. The molecule has 0 atom stereocenters. The third-order valence-corrected chi connectivity index (χ3v) is 6.44. The topological polar surface area (TPSA) is 84.0 Å². The molecule has 3 heterocycles. The summed E-state index contributed by atoms with van der Waals surface area (Å²) < 4.78 is 10.2. The van der Waals surface area contributed by atoms with Crippen LogP contribution in [-0.4, -0.2) is 68.7 Å². The Hall–Kier alpha value is -3.43. The summed E-state index contributed by atoms with van der Waals surface area (Å²) in [6.45, 7) is 3.38. The van der Waals surface area contributed by atoms with Crippen LogP contribution < -0.4 is 15.0 Å². The van der Waals surface area contributed by atoms with Crippen molar-refractivity contribution in [3.63, 3.8) is 0 Å². The van der Waals surface area contributed by atoms with Gasteiger partial charge in [-0.05, 0) is 29.8 Å². The molecular formula is C24H26N4O4S. The molecule has 3 aromatic rings. The summed E-state index contributed by atoms with van der Waals surface area (Å²) >= 11 is 1.31. The predicted octanol–water partition coefficient (Wildman–Crippen LogP) is 3.37. The normalized spacial score (nSPS) is 14.1. The van der Waals surface area contributed by atoms with Gasteiger partial charge in [-0.2, -0.15) is 0 Å². The van der Waals surface area contributed by atoms with Crippen LogP contribution in [0.4, 0.5) is 10.8 Å². The molecule has 2 aromatic heterocycles. The maximum atomic E-state index is 12.8. The summed E-state index contributed by atoms with van der Waals surface area (Å²) in [6.07, 6.45) is 1.79. The molecule has 0 radical (unpaired) electrons. The number of piperazine rings is 1. The smallest absolute Gasteiger partial charge is 0.341 e. The van der Waals surface area contributed by atoms with Gasteiger partial charge in [0.2, 0.25) is 5.91 Å². The number of hydrogen-bond donors (Lipinski definition) is 1. The maximum Gasteiger partial charge on any atom is 0.341 e. The highest BCUT2D eigenvalue weighted by Crippen LogP contribution is 2.36. The minimum Gasteiger partial charge on any atom is -0.497 e. The van der Waals surface area contributed by atoms with Gasteiger partial charge in [0.25, 0.3) is 0 Å². The van der Waals surface area contributed by atoms with E-state index in [9.17, 15) is 9.59 Å². The van der Waals surface area contributed by atoms with Crippen LogP contribution in [0, 0.1) is 0 Å². The van der Waals surface area contributed by atoms with Crippen molar-refractivity contribution >= 4 is 34.0 Å². The number of carbonyl (C=O) groups is 2. The Morgan fingerprint density at radius 3 is 2.45 bits per heavy atom. The van der Waals surface area contributed by atoms with Crippen molar-refractivity contribution in [2.75, 3.05) is 57.2 Å². The highest BCUT2D eigenvalue weighted by Gasteiger charge is 2.24. The molecule has 9 heteroatoms. The van der Waals surface area contributed by atoms with Gasteiger partial charge in [0.1, 0.15) is 22.1 Å². The first-order valence-corrected chi connectivity index (χ1v) is 11.5. The van der Waals surface area contributed by atoms with E-state index in [0.717, 1.165) is 43.3 Å². The van der Waals surface area contributed by atoms with Crippen molar-refractivity contribution in [3.8, 4) is 16.9 Å². The Morgan fingerprint density at radius 1 is 1.06 bits per heavy atom. The number of carbonyl (C=O) groups excluding carboxylic acids is 2. The van der Waals surface area contributed by atoms with E-state index in [1.165, 1.54) is 18.4 Å². The molecule has 1 aliphatic rings. The van der Waals surface area contributed by atoms with Gasteiger partial charge in [0, 0.05) is 43.3 Å². The van der Waals surface area contributed by atoms with Crippen LogP contribution in [0.5, 0.6) is 5.75 Å². The molecule has 1 fully saturated rings. The fourth-order valence-electron chi connectivity index (χ4n) is 3.78. The number of benzene rings is 1. The first-order valence-electron chi connectivity index (χ1n) is 10.6. The number of pyridine rings is 1.